The van der Waals surface area contributed by atoms with Crippen LogP contribution < -0.4 is 11.0 Å². The van der Waals surface area contributed by atoms with Crippen LogP contribution in [0.1, 0.15) is 51.7 Å². The van der Waals surface area contributed by atoms with Crippen molar-refractivity contribution < 1.29 is 42.5 Å². The number of carbonyl (C=O) groups is 3. The topological polar surface area (TPSA) is 146 Å². The molecule has 13 heteroatoms. The number of ether oxygens (including phenoxy) is 3. The first-order valence-electron chi connectivity index (χ1n) is 10.1. The molecule has 1 aliphatic heterocycles. The first-order valence-corrected chi connectivity index (χ1v) is 10.1. The summed E-state index contributed by atoms with van der Waals surface area (Å²) in [5.74, 6) is -5.41. The van der Waals surface area contributed by atoms with Crippen LogP contribution in [0.25, 0.3) is 0 Å². The Bertz CT molecular complexity index is 876. The fraction of sp³-hybridized carbons (Fsp3) is 0.632. The minimum atomic E-state index is -3.44. The van der Waals surface area contributed by atoms with Crippen LogP contribution in [0.15, 0.2) is 17.1 Å². The fourth-order valence-corrected chi connectivity index (χ4v) is 2.85. The summed E-state index contributed by atoms with van der Waals surface area (Å²) in [6, 6.07) is 1.15. The Morgan fingerprint density at radius 3 is 2.72 bits per heavy atom. The predicted octanol–water partition coefficient (Wildman–Crippen LogP) is 2.31. The van der Waals surface area contributed by atoms with E-state index in [0.717, 1.165) is 18.7 Å². The number of unbranched alkanes of at least 4 members (excludes halogenated alkanes) is 1. The number of anilines is 1. The molecule has 2 atom stereocenters. The third kappa shape index (κ3) is 7.55. The van der Waals surface area contributed by atoms with E-state index in [-0.39, 0.29) is 31.7 Å². The molecule has 11 nitrogen and oxygen atoms in total. The van der Waals surface area contributed by atoms with Crippen molar-refractivity contribution in [3.8, 4) is 0 Å². The number of hydrogen-bond acceptors (Lipinski definition) is 8. The molecule has 1 fully saturated rings. The molecule has 0 saturated carbocycles. The van der Waals surface area contributed by atoms with Gasteiger partial charge in [-0.1, -0.05) is 13.3 Å². The number of alkyl halides is 2. The number of esters is 1. The van der Waals surface area contributed by atoms with Crippen molar-refractivity contribution in [3.63, 3.8) is 0 Å². The summed E-state index contributed by atoms with van der Waals surface area (Å²) in [4.78, 5) is 49.4. The van der Waals surface area contributed by atoms with Crippen molar-refractivity contribution in [1.29, 1.82) is 0 Å². The van der Waals surface area contributed by atoms with E-state index in [1.54, 1.807) is 0 Å². The van der Waals surface area contributed by atoms with Gasteiger partial charge in [0.15, 0.2) is 0 Å². The van der Waals surface area contributed by atoms with Crippen LogP contribution in [-0.4, -0.2) is 57.9 Å². The monoisotopic (exact) mass is 461 g/mol. The highest BCUT2D eigenvalue weighted by Crippen LogP contribution is 2.41. The van der Waals surface area contributed by atoms with Gasteiger partial charge in [-0.3, -0.25) is 19.5 Å². The molecule has 0 aliphatic carbocycles. The van der Waals surface area contributed by atoms with Gasteiger partial charge in [0.2, 0.25) is 6.23 Å². The Balaban J connectivity index is 1.93. The number of carbonyl (C=O) groups excluding carboxylic acids is 2. The van der Waals surface area contributed by atoms with Crippen LogP contribution in [-0.2, 0) is 23.8 Å². The summed E-state index contributed by atoms with van der Waals surface area (Å²) >= 11 is 0. The summed E-state index contributed by atoms with van der Waals surface area (Å²) in [7, 11) is 0. The normalized spacial score (nSPS) is 19.3. The highest BCUT2D eigenvalue weighted by atomic mass is 19.3. The summed E-state index contributed by atoms with van der Waals surface area (Å²) < 4.78 is 44.4. The molecule has 178 valence electrons. The average Bonchev–Trinajstić information content (AvgIpc) is 3.00. The minimum absolute atomic E-state index is 0.0616. The lowest BCUT2D eigenvalue weighted by molar-refractivity contribution is -0.150. The molecule has 0 aromatic carbocycles. The molecule has 0 bridgehead atoms. The van der Waals surface area contributed by atoms with Crippen LogP contribution >= 0.6 is 0 Å². The molecule has 2 rings (SSSR count). The van der Waals surface area contributed by atoms with Gasteiger partial charge in [0, 0.05) is 25.5 Å². The maximum absolute atomic E-state index is 14.4. The number of nitrogens with zero attached hydrogens (tertiary/aromatic N) is 2. The largest absolute Gasteiger partial charge is 0.481 e. The van der Waals surface area contributed by atoms with Gasteiger partial charge in [-0.05, 0) is 18.9 Å². The van der Waals surface area contributed by atoms with E-state index in [1.807, 2.05) is 6.92 Å². The van der Waals surface area contributed by atoms with E-state index in [4.69, 9.17) is 19.3 Å². The molecule has 1 aromatic rings. The number of amides is 1. The van der Waals surface area contributed by atoms with Crippen molar-refractivity contribution in [2.24, 2.45) is 0 Å². The van der Waals surface area contributed by atoms with Gasteiger partial charge in [-0.25, -0.2) is 18.4 Å². The zero-order chi connectivity index (χ0) is 23.7. The molecule has 2 N–H and O–H groups in total. The van der Waals surface area contributed by atoms with Crippen molar-refractivity contribution in [1.82, 2.24) is 9.55 Å². The lowest BCUT2D eigenvalue weighted by atomic mass is 10.2. The minimum Gasteiger partial charge on any atom is -0.481 e. The standard InChI is InChI=1S/C19H25F2N3O8/c1-2-3-9-30-18(29)23-13-7-8-24(17(28)22-13)16-19(20,21)10-12(32-16)11-31-15(27)6-4-5-14(25)26/h7-8,12,16H,2-6,9-11H2,1H3,(H,25,26)(H,22,23,28,29)/t12-,16+/m0/s1. The molecule has 0 spiro atoms. The number of rotatable bonds is 11. The number of aliphatic carboxylic acids is 1. The quantitative estimate of drug-likeness (QED) is 0.374. The van der Waals surface area contributed by atoms with E-state index in [1.165, 1.54) is 0 Å². The summed E-state index contributed by atoms with van der Waals surface area (Å²) in [6.45, 7) is 1.64. The van der Waals surface area contributed by atoms with Gasteiger partial charge in [0.25, 0.3) is 5.92 Å². The van der Waals surface area contributed by atoms with Gasteiger partial charge in [0.1, 0.15) is 18.5 Å². The first kappa shape index (κ1) is 25.2. The molecule has 1 amide bonds. The zero-order valence-corrected chi connectivity index (χ0v) is 17.4. The lowest BCUT2D eigenvalue weighted by Gasteiger charge is -2.20. The highest BCUT2D eigenvalue weighted by molar-refractivity contribution is 5.83. The Labute approximate surface area is 181 Å². The molecule has 2 heterocycles. The zero-order valence-electron chi connectivity index (χ0n) is 17.4. The van der Waals surface area contributed by atoms with E-state index < -0.39 is 55.0 Å². The van der Waals surface area contributed by atoms with Crippen molar-refractivity contribution in [3.05, 3.63) is 22.7 Å². The third-order valence-corrected chi connectivity index (χ3v) is 4.43. The van der Waals surface area contributed by atoms with Crippen molar-refractivity contribution in [2.75, 3.05) is 18.5 Å². The Hall–Kier alpha value is -3.09. The van der Waals surface area contributed by atoms with E-state index in [9.17, 15) is 28.0 Å². The van der Waals surface area contributed by atoms with Crippen molar-refractivity contribution >= 4 is 23.8 Å². The number of nitrogens with one attached hydrogen (secondary N) is 1. The summed E-state index contributed by atoms with van der Waals surface area (Å²) in [5, 5.41) is 10.8. The van der Waals surface area contributed by atoms with E-state index in [2.05, 4.69) is 10.3 Å². The number of aromatic nitrogens is 2. The molecular weight excluding hydrogens is 436 g/mol. The molecule has 0 radical (unpaired) electrons. The fourth-order valence-electron chi connectivity index (χ4n) is 2.85. The van der Waals surface area contributed by atoms with Crippen LogP contribution in [0, 0.1) is 0 Å². The number of hydrogen-bond donors (Lipinski definition) is 2. The van der Waals surface area contributed by atoms with Gasteiger partial charge in [0.05, 0.1) is 6.61 Å². The van der Waals surface area contributed by atoms with Crippen molar-refractivity contribution in [2.45, 2.75) is 63.7 Å². The Morgan fingerprint density at radius 1 is 1.31 bits per heavy atom. The highest BCUT2D eigenvalue weighted by Gasteiger charge is 2.52. The molecular formula is C19H25F2N3O8. The van der Waals surface area contributed by atoms with Gasteiger partial charge in [-0.15, -0.1) is 0 Å². The number of halogens is 2. The Morgan fingerprint density at radius 2 is 2.06 bits per heavy atom. The molecule has 0 unspecified atom stereocenters. The number of carboxylic acid groups (broad SMARTS) is 1. The molecule has 1 saturated heterocycles. The van der Waals surface area contributed by atoms with Crippen LogP contribution in [0.4, 0.5) is 19.4 Å². The second-order valence-electron chi connectivity index (χ2n) is 7.12. The number of carboxylic acids is 1. The maximum atomic E-state index is 14.4. The third-order valence-electron chi connectivity index (χ3n) is 4.43. The van der Waals surface area contributed by atoms with Crippen LogP contribution in [0.3, 0.4) is 0 Å². The smallest absolute Gasteiger partial charge is 0.412 e. The Kier molecular flexibility index (Phi) is 9.05. The first-order chi connectivity index (χ1) is 15.1. The van der Waals surface area contributed by atoms with E-state index >= 15 is 0 Å². The second kappa shape index (κ2) is 11.5. The van der Waals surface area contributed by atoms with Gasteiger partial charge >= 0.3 is 23.7 Å². The summed E-state index contributed by atoms with van der Waals surface area (Å²) in [5.41, 5.74) is -1.08. The van der Waals surface area contributed by atoms with Gasteiger partial charge in [-0.2, -0.15) is 4.98 Å². The maximum Gasteiger partial charge on any atom is 0.412 e. The molecule has 32 heavy (non-hydrogen) atoms. The van der Waals surface area contributed by atoms with E-state index in [0.29, 0.717) is 11.0 Å². The van der Waals surface area contributed by atoms with Gasteiger partial charge < -0.3 is 19.3 Å². The van der Waals surface area contributed by atoms with Crippen LogP contribution in [0.5, 0.6) is 0 Å². The molecule has 1 aliphatic rings. The molecule has 1 aromatic heterocycles. The summed E-state index contributed by atoms with van der Waals surface area (Å²) in [6.07, 6.45) is -2.59. The second-order valence-corrected chi connectivity index (χ2v) is 7.12. The average molecular weight is 461 g/mol. The predicted molar refractivity (Wildman–Crippen MR) is 104 cm³/mol. The SMILES string of the molecule is CCCCOC(=O)Nc1ccn([C@@H]2O[C@H](COC(=O)CCCC(=O)O)CC2(F)F)c(=O)n1. The van der Waals surface area contributed by atoms with Crippen LogP contribution in [0.2, 0.25) is 0 Å². The lowest BCUT2D eigenvalue weighted by Crippen LogP contribution is -2.35.